The lowest BCUT2D eigenvalue weighted by molar-refractivity contribution is 0.394. The predicted octanol–water partition coefficient (Wildman–Crippen LogP) is 4.89. The van der Waals surface area contributed by atoms with Gasteiger partial charge in [0.2, 0.25) is 0 Å². The van der Waals surface area contributed by atoms with E-state index in [-0.39, 0.29) is 0 Å². The standard InChI is InChI=1S/C20H16N2O2S/c1-23-17-9-8-15(19(11-17)24-2)10-16(12-21)20-22-18(13-25-20)14-6-4-3-5-7-14/h3-11,13H,1-2H3/b16-10+. The molecule has 3 rings (SSSR count). The first-order valence-corrected chi connectivity index (χ1v) is 8.48. The van der Waals surface area contributed by atoms with E-state index < -0.39 is 0 Å². The molecule has 25 heavy (non-hydrogen) atoms. The molecule has 2 aromatic carbocycles. The van der Waals surface area contributed by atoms with Crippen LogP contribution in [0.2, 0.25) is 0 Å². The lowest BCUT2D eigenvalue weighted by Gasteiger charge is -2.07. The van der Waals surface area contributed by atoms with Gasteiger partial charge in [0.1, 0.15) is 22.6 Å². The summed E-state index contributed by atoms with van der Waals surface area (Å²) in [5.74, 6) is 1.35. The fraction of sp³-hybridized carbons (Fsp3) is 0.100. The van der Waals surface area contributed by atoms with Crippen LogP contribution in [-0.2, 0) is 0 Å². The summed E-state index contributed by atoms with van der Waals surface area (Å²) in [5.41, 5.74) is 3.19. The van der Waals surface area contributed by atoms with Crippen molar-refractivity contribution in [1.29, 1.82) is 5.26 Å². The van der Waals surface area contributed by atoms with E-state index in [2.05, 4.69) is 11.1 Å². The van der Waals surface area contributed by atoms with Crippen LogP contribution >= 0.6 is 11.3 Å². The van der Waals surface area contributed by atoms with Crippen molar-refractivity contribution in [3.05, 3.63) is 64.5 Å². The van der Waals surface area contributed by atoms with E-state index in [1.807, 2.05) is 47.8 Å². The Labute approximate surface area is 150 Å². The van der Waals surface area contributed by atoms with Gasteiger partial charge in [0, 0.05) is 22.6 Å². The molecule has 1 aromatic heterocycles. The SMILES string of the molecule is COc1ccc(/C=C(\C#N)c2nc(-c3ccccc3)cs2)c(OC)c1. The van der Waals surface area contributed by atoms with Crippen molar-refractivity contribution in [1.82, 2.24) is 4.98 Å². The van der Waals surface area contributed by atoms with Crippen LogP contribution in [0, 0.1) is 11.3 Å². The van der Waals surface area contributed by atoms with Crippen LogP contribution in [0.3, 0.4) is 0 Å². The largest absolute Gasteiger partial charge is 0.497 e. The van der Waals surface area contributed by atoms with Crippen LogP contribution in [0.15, 0.2) is 53.9 Å². The number of hydrogen-bond donors (Lipinski definition) is 0. The van der Waals surface area contributed by atoms with Crippen molar-refractivity contribution >= 4 is 23.0 Å². The number of hydrogen-bond acceptors (Lipinski definition) is 5. The van der Waals surface area contributed by atoms with Crippen LogP contribution in [-0.4, -0.2) is 19.2 Å². The first-order chi connectivity index (χ1) is 12.2. The molecule has 0 aliphatic rings. The molecule has 0 saturated heterocycles. The summed E-state index contributed by atoms with van der Waals surface area (Å²) in [4.78, 5) is 4.60. The number of rotatable bonds is 5. The summed E-state index contributed by atoms with van der Waals surface area (Å²) in [5, 5.41) is 12.2. The normalized spacial score (nSPS) is 11.0. The van der Waals surface area contributed by atoms with Gasteiger partial charge in [-0.3, -0.25) is 0 Å². The van der Waals surface area contributed by atoms with Gasteiger partial charge in [-0.05, 0) is 18.2 Å². The Balaban J connectivity index is 1.97. The van der Waals surface area contributed by atoms with Crippen molar-refractivity contribution < 1.29 is 9.47 Å². The highest BCUT2D eigenvalue weighted by molar-refractivity contribution is 7.11. The number of allylic oxidation sites excluding steroid dienone is 1. The van der Waals surface area contributed by atoms with Gasteiger partial charge in [-0.15, -0.1) is 11.3 Å². The third-order valence-electron chi connectivity index (χ3n) is 3.67. The Hall–Kier alpha value is -3.10. The van der Waals surface area contributed by atoms with Crippen molar-refractivity contribution in [3.63, 3.8) is 0 Å². The highest BCUT2D eigenvalue weighted by Crippen LogP contribution is 2.31. The maximum atomic E-state index is 9.57. The maximum absolute atomic E-state index is 9.57. The Morgan fingerprint density at radius 2 is 1.92 bits per heavy atom. The molecule has 0 aliphatic carbocycles. The molecule has 3 aromatic rings. The molecule has 0 fully saturated rings. The molecule has 0 saturated carbocycles. The molecule has 0 bridgehead atoms. The molecule has 0 amide bonds. The maximum Gasteiger partial charge on any atom is 0.134 e. The Morgan fingerprint density at radius 3 is 2.60 bits per heavy atom. The fourth-order valence-electron chi connectivity index (χ4n) is 2.37. The van der Waals surface area contributed by atoms with Gasteiger partial charge in [-0.2, -0.15) is 5.26 Å². The lowest BCUT2D eigenvalue weighted by atomic mass is 10.1. The quantitative estimate of drug-likeness (QED) is 0.616. The van der Waals surface area contributed by atoms with Gasteiger partial charge >= 0.3 is 0 Å². The van der Waals surface area contributed by atoms with Crippen LogP contribution < -0.4 is 9.47 Å². The zero-order valence-corrected chi connectivity index (χ0v) is 14.7. The molecule has 0 aliphatic heterocycles. The molecular formula is C20H16N2O2S. The van der Waals surface area contributed by atoms with E-state index in [0.717, 1.165) is 16.8 Å². The number of nitrogens with zero attached hydrogens (tertiary/aromatic N) is 2. The van der Waals surface area contributed by atoms with Gasteiger partial charge in [0.05, 0.1) is 25.5 Å². The van der Waals surface area contributed by atoms with Crippen molar-refractivity contribution in [2.24, 2.45) is 0 Å². The van der Waals surface area contributed by atoms with E-state index >= 15 is 0 Å². The summed E-state index contributed by atoms with van der Waals surface area (Å²) < 4.78 is 10.6. The average Bonchev–Trinajstić information content (AvgIpc) is 3.16. The molecule has 0 radical (unpaired) electrons. The smallest absolute Gasteiger partial charge is 0.134 e. The zero-order chi connectivity index (χ0) is 17.6. The molecule has 1 heterocycles. The minimum Gasteiger partial charge on any atom is -0.497 e. The minimum atomic E-state index is 0.496. The van der Waals surface area contributed by atoms with Crippen molar-refractivity contribution in [2.45, 2.75) is 0 Å². The zero-order valence-electron chi connectivity index (χ0n) is 13.9. The van der Waals surface area contributed by atoms with E-state index in [9.17, 15) is 5.26 Å². The van der Waals surface area contributed by atoms with Crippen LogP contribution in [0.4, 0.5) is 0 Å². The molecule has 4 nitrogen and oxygen atoms in total. The number of benzene rings is 2. The topological polar surface area (TPSA) is 55.1 Å². The number of ether oxygens (including phenoxy) is 2. The number of thiazole rings is 1. The Morgan fingerprint density at radius 1 is 1.12 bits per heavy atom. The fourth-order valence-corrected chi connectivity index (χ4v) is 3.17. The molecule has 0 N–H and O–H groups in total. The summed E-state index contributed by atoms with van der Waals surface area (Å²) in [6, 6.07) is 17.6. The second-order valence-corrected chi connectivity index (χ2v) is 6.04. The van der Waals surface area contributed by atoms with E-state index in [0.29, 0.717) is 22.1 Å². The third kappa shape index (κ3) is 3.70. The van der Waals surface area contributed by atoms with Gasteiger partial charge in [0.15, 0.2) is 0 Å². The van der Waals surface area contributed by atoms with Crippen molar-refractivity contribution in [3.8, 4) is 28.8 Å². The summed E-state index contributed by atoms with van der Waals surface area (Å²) in [6.45, 7) is 0. The minimum absolute atomic E-state index is 0.496. The summed E-state index contributed by atoms with van der Waals surface area (Å²) in [6.07, 6.45) is 1.78. The average molecular weight is 348 g/mol. The second kappa shape index (κ2) is 7.65. The van der Waals surface area contributed by atoms with Crippen LogP contribution in [0.5, 0.6) is 11.5 Å². The summed E-state index contributed by atoms with van der Waals surface area (Å²) >= 11 is 1.45. The van der Waals surface area contributed by atoms with Gasteiger partial charge < -0.3 is 9.47 Å². The highest BCUT2D eigenvalue weighted by Gasteiger charge is 2.11. The Bertz CT molecular complexity index is 940. The second-order valence-electron chi connectivity index (χ2n) is 5.18. The molecule has 5 heteroatoms. The first-order valence-electron chi connectivity index (χ1n) is 7.60. The molecular weight excluding hydrogens is 332 g/mol. The summed E-state index contributed by atoms with van der Waals surface area (Å²) in [7, 11) is 3.20. The number of nitriles is 1. The van der Waals surface area contributed by atoms with Gasteiger partial charge in [-0.1, -0.05) is 30.3 Å². The van der Waals surface area contributed by atoms with Gasteiger partial charge in [0.25, 0.3) is 0 Å². The van der Waals surface area contributed by atoms with Crippen molar-refractivity contribution in [2.75, 3.05) is 14.2 Å². The van der Waals surface area contributed by atoms with E-state index in [1.165, 1.54) is 11.3 Å². The van der Waals surface area contributed by atoms with E-state index in [1.54, 1.807) is 26.4 Å². The predicted molar refractivity (Wildman–Crippen MR) is 101 cm³/mol. The highest BCUT2D eigenvalue weighted by atomic mass is 32.1. The first kappa shape index (κ1) is 16.7. The molecule has 124 valence electrons. The van der Waals surface area contributed by atoms with Gasteiger partial charge in [-0.25, -0.2) is 4.98 Å². The lowest BCUT2D eigenvalue weighted by Crippen LogP contribution is -1.90. The van der Waals surface area contributed by atoms with Crippen LogP contribution in [0.25, 0.3) is 22.9 Å². The molecule has 0 unspecified atom stereocenters. The number of methoxy groups -OCH3 is 2. The monoisotopic (exact) mass is 348 g/mol. The molecule has 0 spiro atoms. The van der Waals surface area contributed by atoms with Crippen LogP contribution in [0.1, 0.15) is 10.6 Å². The molecule has 0 atom stereocenters. The third-order valence-corrected chi connectivity index (χ3v) is 4.54. The number of aromatic nitrogens is 1. The Kier molecular flexibility index (Phi) is 5.12. The van der Waals surface area contributed by atoms with E-state index in [4.69, 9.17) is 9.47 Å².